The number of nitrogens with zero attached hydrogens (tertiary/aromatic N) is 1. The van der Waals surface area contributed by atoms with Gasteiger partial charge in [0, 0.05) is 29.9 Å². The third-order valence-corrected chi connectivity index (χ3v) is 3.48. The quantitative estimate of drug-likeness (QED) is 0.620. The molecule has 0 saturated carbocycles. The minimum absolute atomic E-state index is 0.000530. The van der Waals surface area contributed by atoms with E-state index in [4.69, 9.17) is 0 Å². The highest BCUT2D eigenvalue weighted by atomic mass is 16.2. The van der Waals surface area contributed by atoms with Crippen molar-refractivity contribution in [2.45, 2.75) is 0 Å². The van der Waals surface area contributed by atoms with Crippen molar-refractivity contribution in [2.75, 3.05) is 25.0 Å². The fraction of sp³-hybridized carbons (Fsp3) is 0.136. The molecule has 126 valence electrons. The van der Waals surface area contributed by atoms with Gasteiger partial charge in [-0.3, -0.25) is 4.79 Å². The largest absolute Gasteiger partial charge is 0.376 e. The minimum Gasteiger partial charge on any atom is -0.376 e. The van der Waals surface area contributed by atoms with Gasteiger partial charge in [0.05, 0.1) is 6.54 Å². The fourth-order valence-electron chi connectivity index (χ4n) is 2.25. The molecular formula is C22H22N2O. The first kappa shape index (κ1) is 18.1. The van der Waals surface area contributed by atoms with Crippen LogP contribution in [-0.4, -0.2) is 30.4 Å². The Morgan fingerprint density at radius 1 is 0.960 bits per heavy atom. The number of benzene rings is 2. The van der Waals surface area contributed by atoms with E-state index < -0.39 is 0 Å². The van der Waals surface area contributed by atoms with Gasteiger partial charge in [-0.1, -0.05) is 48.3 Å². The van der Waals surface area contributed by atoms with Gasteiger partial charge in [-0.25, -0.2) is 0 Å². The normalized spacial score (nSPS) is 9.44. The first-order chi connectivity index (χ1) is 12.2. The zero-order chi connectivity index (χ0) is 17.9. The molecule has 3 nitrogen and oxygen atoms in total. The summed E-state index contributed by atoms with van der Waals surface area (Å²) in [6.45, 7) is 8.59. The van der Waals surface area contributed by atoms with Crippen LogP contribution in [0.4, 0.5) is 5.69 Å². The Morgan fingerprint density at radius 3 is 2.28 bits per heavy atom. The Morgan fingerprint density at radius 2 is 1.60 bits per heavy atom. The molecule has 0 aliphatic rings. The van der Waals surface area contributed by atoms with Crippen LogP contribution in [-0.2, 0) is 4.79 Å². The molecule has 0 fully saturated rings. The second-order valence-corrected chi connectivity index (χ2v) is 5.43. The smallest absolute Gasteiger partial charge is 0.242 e. The van der Waals surface area contributed by atoms with Gasteiger partial charge < -0.3 is 10.2 Å². The topological polar surface area (TPSA) is 32.3 Å². The summed E-state index contributed by atoms with van der Waals surface area (Å²) in [7, 11) is 0. The summed E-state index contributed by atoms with van der Waals surface area (Å²) in [5, 5.41) is 3.15. The molecule has 1 N–H and O–H groups in total. The van der Waals surface area contributed by atoms with E-state index in [1.807, 2.05) is 54.6 Å². The summed E-state index contributed by atoms with van der Waals surface area (Å²) in [5.74, 6) is 6.27. The number of carbonyl (C=O) groups excluding carboxylic acids is 1. The Kier molecular flexibility index (Phi) is 7.09. The maximum absolute atomic E-state index is 12.2. The predicted molar refractivity (Wildman–Crippen MR) is 104 cm³/mol. The minimum atomic E-state index is 0.000530. The van der Waals surface area contributed by atoms with Crippen molar-refractivity contribution in [1.82, 2.24) is 4.90 Å². The van der Waals surface area contributed by atoms with Crippen LogP contribution in [0, 0.1) is 11.8 Å². The highest BCUT2D eigenvalue weighted by molar-refractivity contribution is 5.81. The monoisotopic (exact) mass is 330 g/mol. The fourth-order valence-corrected chi connectivity index (χ4v) is 2.25. The van der Waals surface area contributed by atoms with Crippen molar-refractivity contribution in [2.24, 2.45) is 0 Å². The molecule has 0 aliphatic carbocycles. The average molecular weight is 330 g/mol. The van der Waals surface area contributed by atoms with Crippen LogP contribution >= 0.6 is 0 Å². The van der Waals surface area contributed by atoms with Gasteiger partial charge in [-0.15, -0.1) is 13.2 Å². The predicted octanol–water partition coefficient (Wildman–Crippen LogP) is 3.70. The Balaban J connectivity index is 1.99. The zero-order valence-electron chi connectivity index (χ0n) is 14.2. The average Bonchev–Trinajstić information content (AvgIpc) is 2.65. The second kappa shape index (κ2) is 9.79. The van der Waals surface area contributed by atoms with E-state index in [-0.39, 0.29) is 12.5 Å². The van der Waals surface area contributed by atoms with Gasteiger partial charge in [0.15, 0.2) is 0 Å². The number of amides is 1. The third-order valence-electron chi connectivity index (χ3n) is 3.48. The van der Waals surface area contributed by atoms with Crippen molar-refractivity contribution in [3.05, 3.63) is 91.0 Å². The van der Waals surface area contributed by atoms with Crippen LogP contribution in [0.5, 0.6) is 0 Å². The lowest BCUT2D eigenvalue weighted by Gasteiger charge is -2.19. The molecule has 0 unspecified atom stereocenters. The lowest BCUT2D eigenvalue weighted by atomic mass is 10.1. The van der Waals surface area contributed by atoms with E-state index in [0.717, 1.165) is 16.8 Å². The van der Waals surface area contributed by atoms with Crippen molar-refractivity contribution in [1.29, 1.82) is 0 Å². The Bertz CT molecular complexity index is 774. The maximum Gasteiger partial charge on any atom is 0.242 e. The van der Waals surface area contributed by atoms with Crippen molar-refractivity contribution < 1.29 is 4.79 Å². The number of hydrogen-bond acceptors (Lipinski definition) is 2. The number of rotatable bonds is 7. The summed E-state index contributed by atoms with van der Waals surface area (Å²) in [4.78, 5) is 13.9. The van der Waals surface area contributed by atoms with Gasteiger partial charge in [-0.2, -0.15) is 0 Å². The van der Waals surface area contributed by atoms with Crippen molar-refractivity contribution >= 4 is 11.6 Å². The number of carbonyl (C=O) groups is 1. The molecule has 0 bridgehead atoms. The number of anilines is 1. The summed E-state index contributed by atoms with van der Waals surface area (Å²) >= 11 is 0. The molecule has 2 rings (SSSR count). The van der Waals surface area contributed by atoms with Gasteiger partial charge in [0.2, 0.25) is 5.91 Å². The van der Waals surface area contributed by atoms with Crippen molar-refractivity contribution in [3.63, 3.8) is 0 Å². The molecular weight excluding hydrogens is 308 g/mol. The second-order valence-electron chi connectivity index (χ2n) is 5.43. The van der Waals surface area contributed by atoms with E-state index in [0.29, 0.717) is 13.1 Å². The van der Waals surface area contributed by atoms with Gasteiger partial charge in [-0.05, 0) is 30.3 Å². The van der Waals surface area contributed by atoms with E-state index in [1.165, 1.54) is 0 Å². The lowest BCUT2D eigenvalue weighted by molar-refractivity contribution is -0.128. The highest BCUT2D eigenvalue weighted by Crippen LogP contribution is 2.10. The Labute approximate surface area is 149 Å². The van der Waals surface area contributed by atoms with E-state index in [9.17, 15) is 4.79 Å². The molecule has 25 heavy (non-hydrogen) atoms. The zero-order valence-corrected chi connectivity index (χ0v) is 14.2. The first-order valence-electron chi connectivity index (χ1n) is 8.13. The highest BCUT2D eigenvalue weighted by Gasteiger charge is 2.09. The molecule has 2 aromatic carbocycles. The van der Waals surface area contributed by atoms with Gasteiger partial charge in [0.1, 0.15) is 0 Å². The molecule has 1 amide bonds. The summed E-state index contributed by atoms with van der Waals surface area (Å²) in [5.41, 5.74) is 2.74. The van der Waals surface area contributed by atoms with Crippen LogP contribution in [0.15, 0.2) is 79.9 Å². The van der Waals surface area contributed by atoms with Crippen LogP contribution in [0.25, 0.3) is 0 Å². The molecule has 3 heteroatoms. The molecule has 0 atom stereocenters. The molecule has 0 radical (unpaired) electrons. The number of hydrogen-bond donors (Lipinski definition) is 1. The molecule has 0 aromatic heterocycles. The van der Waals surface area contributed by atoms with E-state index in [1.54, 1.807) is 17.1 Å². The summed E-state index contributed by atoms with van der Waals surface area (Å²) in [6.07, 6.45) is 3.42. The number of nitrogens with one attached hydrogen (secondary N) is 1. The SMILES string of the molecule is C=CCN(CC=C)C(=O)CNc1cccc(C#Cc2ccccc2)c1. The van der Waals surface area contributed by atoms with Crippen LogP contribution in [0.3, 0.4) is 0 Å². The summed E-state index contributed by atoms with van der Waals surface area (Å²) < 4.78 is 0. The summed E-state index contributed by atoms with van der Waals surface area (Å²) in [6, 6.07) is 17.6. The molecule has 2 aromatic rings. The molecule has 0 aliphatic heterocycles. The molecule has 0 heterocycles. The van der Waals surface area contributed by atoms with Crippen LogP contribution in [0.1, 0.15) is 11.1 Å². The Hall–Kier alpha value is -3.25. The third kappa shape index (κ3) is 6.04. The van der Waals surface area contributed by atoms with E-state index in [2.05, 4.69) is 30.3 Å². The maximum atomic E-state index is 12.2. The standard InChI is InChI=1S/C22H22N2O/c1-3-15-24(16-4-2)22(25)18-23-21-12-8-11-20(17-21)14-13-19-9-6-5-7-10-19/h3-12,17,23H,1-2,15-16,18H2. The van der Waals surface area contributed by atoms with Crippen LogP contribution < -0.4 is 5.32 Å². The van der Waals surface area contributed by atoms with Gasteiger partial charge in [0.25, 0.3) is 0 Å². The molecule has 0 saturated heterocycles. The first-order valence-corrected chi connectivity index (χ1v) is 8.13. The molecule has 0 spiro atoms. The van der Waals surface area contributed by atoms with E-state index >= 15 is 0 Å². The lowest BCUT2D eigenvalue weighted by Crippen LogP contribution is -2.35. The van der Waals surface area contributed by atoms with Crippen molar-refractivity contribution in [3.8, 4) is 11.8 Å². The van der Waals surface area contributed by atoms with Crippen LogP contribution in [0.2, 0.25) is 0 Å². The van der Waals surface area contributed by atoms with Gasteiger partial charge >= 0.3 is 0 Å².